The number of carboxylic acid groups (broad SMARTS) is 1. The Kier molecular flexibility index (Phi) is 5.48. The van der Waals surface area contributed by atoms with E-state index in [-0.39, 0.29) is 29.6 Å². The van der Waals surface area contributed by atoms with Gasteiger partial charge in [-0.15, -0.1) is 0 Å². The summed E-state index contributed by atoms with van der Waals surface area (Å²) in [6.07, 6.45) is 2.65. The van der Waals surface area contributed by atoms with Gasteiger partial charge in [0.05, 0.1) is 34.7 Å². The number of morpholine rings is 1. The molecule has 12 heteroatoms. The Morgan fingerprint density at radius 2 is 2.22 bits per heavy atom. The van der Waals surface area contributed by atoms with Gasteiger partial charge in [0.1, 0.15) is 0 Å². The van der Waals surface area contributed by atoms with Gasteiger partial charge in [-0.05, 0) is 18.9 Å². The summed E-state index contributed by atoms with van der Waals surface area (Å²) in [5.74, 6) is -0.983. The number of piperidine rings is 1. The Balaban J connectivity index is 1.35. The zero-order valence-electron chi connectivity index (χ0n) is 17.2. The van der Waals surface area contributed by atoms with Crippen molar-refractivity contribution in [3.05, 3.63) is 34.6 Å². The molecule has 2 aliphatic heterocycles. The Morgan fingerprint density at radius 3 is 2.97 bits per heavy atom. The van der Waals surface area contributed by atoms with Crippen LogP contribution in [0.25, 0.3) is 10.2 Å². The molecule has 3 aromatic rings. The minimum atomic E-state index is -1.07. The number of carbonyl (C=O) groups is 2. The van der Waals surface area contributed by atoms with Crippen LogP contribution in [0.4, 0.5) is 5.13 Å². The first-order valence-electron chi connectivity index (χ1n) is 10.4. The van der Waals surface area contributed by atoms with Crippen molar-refractivity contribution in [2.45, 2.75) is 31.9 Å². The lowest BCUT2D eigenvalue weighted by molar-refractivity contribution is -0.0640. The zero-order chi connectivity index (χ0) is 22.4. The van der Waals surface area contributed by atoms with Gasteiger partial charge in [0.15, 0.2) is 21.8 Å². The maximum atomic E-state index is 13.1. The first-order chi connectivity index (χ1) is 15.5. The van der Waals surface area contributed by atoms with E-state index < -0.39 is 5.97 Å². The second-order valence-corrected chi connectivity index (χ2v) is 9.06. The van der Waals surface area contributed by atoms with E-state index in [2.05, 4.69) is 24.8 Å². The maximum Gasteiger partial charge on any atom is 0.356 e. The van der Waals surface area contributed by atoms with E-state index in [1.165, 1.54) is 17.5 Å². The third-order valence-corrected chi connectivity index (χ3v) is 7.35. The highest BCUT2D eigenvalue weighted by Crippen LogP contribution is 2.34. The van der Waals surface area contributed by atoms with Gasteiger partial charge >= 0.3 is 5.97 Å². The molecule has 10 nitrogen and oxygen atoms in total. The van der Waals surface area contributed by atoms with Gasteiger partial charge in [-0.2, -0.15) is 0 Å². The fourth-order valence-corrected chi connectivity index (χ4v) is 5.65. The highest BCUT2D eigenvalue weighted by atomic mass is 35.5. The van der Waals surface area contributed by atoms with Crippen LogP contribution in [0.1, 0.15) is 40.1 Å². The number of thiazole rings is 1. The normalized spacial score (nSPS) is 21.1. The number of carbonyl (C=O) groups excluding carboxylic acids is 1. The van der Waals surface area contributed by atoms with Crippen molar-refractivity contribution in [1.29, 1.82) is 0 Å². The van der Waals surface area contributed by atoms with Gasteiger partial charge in [0.25, 0.3) is 5.91 Å². The van der Waals surface area contributed by atoms with Gasteiger partial charge in [-0.1, -0.05) is 29.9 Å². The number of fused-ring (bicyclic) bond motifs is 2. The summed E-state index contributed by atoms with van der Waals surface area (Å²) < 4.78 is 6.57. The van der Waals surface area contributed by atoms with E-state index in [0.29, 0.717) is 54.5 Å². The number of aryl methyl sites for hydroxylation is 1. The molecule has 2 N–H and O–H groups in total. The van der Waals surface area contributed by atoms with E-state index in [0.717, 1.165) is 10.8 Å². The first kappa shape index (κ1) is 21.1. The molecule has 0 unspecified atom stereocenters. The third-order valence-electron chi connectivity index (χ3n) is 5.90. The number of amides is 1. The Labute approximate surface area is 192 Å². The van der Waals surface area contributed by atoms with Crippen LogP contribution in [0.3, 0.4) is 0 Å². The zero-order valence-corrected chi connectivity index (χ0v) is 18.8. The first-order valence-corrected chi connectivity index (χ1v) is 11.6. The maximum absolute atomic E-state index is 13.1. The number of ether oxygens (including phenoxy) is 1. The topological polar surface area (TPSA) is 125 Å². The average Bonchev–Trinajstić information content (AvgIpc) is 3.40. The molecule has 5 heterocycles. The van der Waals surface area contributed by atoms with Gasteiger partial charge in [0.2, 0.25) is 0 Å². The number of aromatic amines is 1. The molecule has 0 aliphatic carbocycles. The van der Waals surface area contributed by atoms with E-state index in [1.54, 1.807) is 6.07 Å². The predicted molar refractivity (Wildman–Crippen MR) is 119 cm³/mol. The van der Waals surface area contributed by atoms with Crippen molar-refractivity contribution < 1.29 is 19.4 Å². The number of pyridine rings is 1. The summed E-state index contributed by atoms with van der Waals surface area (Å²) in [5.41, 5.74) is 1.37. The smallest absolute Gasteiger partial charge is 0.356 e. The molecule has 0 aromatic carbocycles. The number of rotatable bonds is 4. The van der Waals surface area contributed by atoms with Crippen LogP contribution in [0.15, 0.2) is 12.3 Å². The number of anilines is 1. The molecule has 2 fully saturated rings. The minimum absolute atomic E-state index is 0.00961. The molecule has 2 saturated heterocycles. The lowest BCUT2D eigenvalue weighted by atomic mass is 9.98. The van der Waals surface area contributed by atoms with Crippen LogP contribution >= 0.6 is 22.9 Å². The quantitative estimate of drug-likeness (QED) is 0.588. The number of carboxylic acids is 1. The minimum Gasteiger partial charge on any atom is -0.476 e. The lowest BCUT2D eigenvalue weighted by Gasteiger charge is -2.46. The van der Waals surface area contributed by atoms with E-state index in [1.807, 2.05) is 11.8 Å². The number of aromatic carboxylic acids is 1. The lowest BCUT2D eigenvalue weighted by Crippen LogP contribution is -2.60. The van der Waals surface area contributed by atoms with Gasteiger partial charge in [-0.25, -0.2) is 19.7 Å². The molecular weight excluding hydrogens is 456 g/mol. The Bertz CT molecular complexity index is 1200. The predicted octanol–water partition coefficient (Wildman–Crippen LogP) is 2.45. The number of halogens is 1. The van der Waals surface area contributed by atoms with Crippen LogP contribution < -0.4 is 4.90 Å². The number of nitrogens with zero attached hydrogens (tertiary/aromatic N) is 5. The van der Waals surface area contributed by atoms with Crippen molar-refractivity contribution in [2.75, 3.05) is 31.1 Å². The third kappa shape index (κ3) is 3.59. The SMILES string of the molecule is CCc1[nH]c(C(=O)N2CCO[C@H]3CN(c4nc5ccnc(C(=O)O)c5s4)CC[C@H]32)nc1Cl. The molecule has 32 heavy (non-hydrogen) atoms. The van der Waals surface area contributed by atoms with Crippen LogP contribution in [0.5, 0.6) is 0 Å². The van der Waals surface area contributed by atoms with Crippen molar-refractivity contribution in [3.8, 4) is 0 Å². The number of imidazole rings is 1. The number of hydrogen-bond donors (Lipinski definition) is 2. The van der Waals surface area contributed by atoms with Crippen LogP contribution in [-0.4, -0.2) is 80.2 Å². The second kappa shape index (κ2) is 8.30. The van der Waals surface area contributed by atoms with Crippen LogP contribution in [-0.2, 0) is 11.2 Å². The van der Waals surface area contributed by atoms with E-state index in [9.17, 15) is 14.7 Å². The largest absolute Gasteiger partial charge is 0.476 e. The highest BCUT2D eigenvalue weighted by Gasteiger charge is 2.41. The molecule has 0 saturated carbocycles. The van der Waals surface area contributed by atoms with Gasteiger partial charge in [0, 0.05) is 25.8 Å². The van der Waals surface area contributed by atoms with Crippen LogP contribution in [0.2, 0.25) is 5.15 Å². The molecule has 5 rings (SSSR count). The summed E-state index contributed by atoms with van der Waals surface area (Å²) in [4.78, 5) is 44.4. The molecule has 0 spiro atoms. The van der Waals surface area contributed by atoms with Crippen molar-refractivity contribution in [3.63, 3.8) is 0 Å². The standard InChI is InChI=1S/C20H21ClN6O4S/c1-2-10-16(21)25-17(23-10)18(28)27-7-8-31-13-9-26(6-4-12(13)27)20-24-11-3-5-22-14(19(29)30)15(11)32-20/h3,5,12-13H,2,4,6-9H2,1H3,(H,23,25)(H,29,30)/t12-,13+/m1/s1. The number of hydrogen-bond acceptors (Lipinski definition) is 8. The summed E-state index contributed by atoms with van der Waals surface area (Å²) in [6.45, 7) is 4.11. The number of aromatic nitrogens is 4. The molecule has 1 amide bonds. The summed E-state index contributed by atoms with van der Waals surface area (Å²) in [7, 11) is 0. The van der Waals surface area contributed by atoms with Gasteiger partial charge < -0.3 is 24.6 Å². The monoisotopic (exact) mass is 476 g/mol. The highest BCUT2D eigenvalue weighted by molar-refractivity contribution is 7.22. The molecule has 2 atom stereocenters. The second-order valence-electron chi connectivity index (χ2n) is 7.73. The van der Waals surface area contributed by atoms with Gasteiger partial charge in [-0.3, -0.25) is 4.79 Å². The van der Waals surface area contributed by atoms with Crippen LogP contribution in [0, 0.1) is 0 Å². The molecule has 2 aliphatic rings. The average molecular weight is 477 g/mol. The molecule has 3 aromatic heterocycles. The summed E-state index contributed by atoms with van der Waals surface area (Å²) in [5, 5.41) is 10.5. The Morgan fingerprint density at radius 1 is 1.38 bits per heavy atom. The van der Waals surface area contributed by atoms with Crippen molar-refractivity contribution in [2.24, 2.45) is 0 Å². The fraction of sp³-hybridized carbons (Fsp3) is 0.450. The molecule has 168 valence electrons. The van der Waals surface area contributed by atoms with Crippen molar-refractivity contribution in [1.82, 2.24) is 24.8 Å². The fourth-order valence-electron chi connectivity index (χ4n) is 4.31. The molecule has 0 bridgehead atoms. The van der Waals surface area contributed by atoms with E-state index in [4.69, 9.17) is 16.3 Å². The van der Waals surface area contributed by atoms with E-state index >= 15 is 0 Å². The molecule has 0 radical (unpaired) electrons. The summed E-state index contributed by atoms with van der Waals surface area (Å²) >= 11 is 7.44. The number of nitrogens with one attached hydrogen (secondary N) is 1. The number of H-pyrrole nitrogens is 1. The van der Waals surface area contributed by atoms with Crippen molar-refractivity contribution >= 4 is 50.2 Å². The Hall–Kier alpha value is -2.76. The summed E-state index contributed by atoms with van der Waals surface area (Å²) in [6, 6.07) is 1.64. The molecular formula is C20H21ClN6O4S.